The summed E-state index contributed by atoms with van der Waals surface area (Å²) in [5.74, 6) is 0.976. The average Bonchev–Trinajstić information content (AvgIpc) is 2.85. The van der Waals surface area contributed by atoms with Crippen LogP contribution in [0, 0.1) is 4.77 Å². The molecule has 0 saturated carbocycles. The van der Waals surface area contributed by atoms with Gasteiger partial charge in [-0.3, -0.25) is 5.10 Å². The number of aryl methyl sites for hydroxylation is 1. The van der Waals surface area contributed by atoms with Crippen molar-refractivity contribution in [3.8, 4) is 11.4 Å². The van der Waals surface area contributed by atoms with Gasteiger partial charge < -0.3 is 4.57 Å². The largest absolute Gasteiger partial charge is 0.303 e. The van der Waals surface area contributed by atoms with Crippen molar-refractivity contribution in [3.05, 3.63) is 20.6 Å². The first-order chi connectivity index (χ1) is 7.77. The van der Waals surface area contributed by atoms with Gasteiger partial charge in [0.1, 0.15) is 0 Å². The van der Waals surface area contributed by atoms with Gasteiger partial charge in [0.15, 0.2) is 10.6 Å². The van der Waals surface area contributed by atoms with Crippen LogP contribution >= 0.6 is 23.6 Å². The summed E-state index contributed by atoms with van der Waals surface area (Å²) in [6, 6.07) is 0. The minimum atomic E-state index is 0.686. The second-order valence-electron chi connectivity index (χ2n) is 4.17. The molecule has 2 heterocycles. The molecule has 0 unspecified atom stereocenters. The van der Waals surface area contributed by atoms with Crippen LogP contribution in [0.3, 0.4) is 0 Å². The number of nitrogens with one attached hydrogen (secondary N) is 1. The molecule has 0 saturated heterocycles. The maximum absolute atomic E-state index is 5.15. The van der Waals surface area contributed by atoms with Crippen molar-refractivity contribution < 1.29 is 0 Å². The Balaban J connectivity index is 2.17. The topological polar surface area (TPSA) is 33.6 Å². The fourth-order valence-corrected chi connectivity index (χ4v) is 3.53. The van der Waals surface area contributed by atoms with Gasteiger partial charge in [0.05, 0.1) is 0 Å². The third kappa shape index (κ3) is 1.46. The van der Waals surface area contributed by atoms with Crippen LogP contribution in [-0.2, 0) is 19.9 Å². The average molecular weight is 251 g/mol. The number of aromatic nitrogens is 3. The number of thiophene rings is 1. The first-order valence-electron chi connectivity index (χ1n) is 5.48. The maximum atomic E-state index is 5.15. The van der Waals surface area contributed by atoms with Gasteiger partial charge in [0.2, 0.25) is 0 Å². The van der Waals surface area contributed by atoms with Crippen molar-refractivity contribution in [3.63, 3.8) is 0 Å². The van der Waals surface area contributed by atoms with E-state index in [0.29, 0.717) is 4.77 Å². The molecule has 1 aliphatic carbocycles. The van der Waals surface area contributed by atoms with Crippen LogP contribution in [0.25, 0.3) is 11.4 Å². The van der Waals surface area contributed by atoms with E-state index >= 15 is 0 Å². The Bertz CT molecular complexity index is 576. The van der Waals surface area contributed by atoms with Crippen molar-refractivity contribution in [2.24, 2.45) is 7.05 Å². The van der Waals surface area contributed by atoms with Crippen molar-refractivity contribution >= 4 is 23.6 Å². The summed E-state index contributed by atoms with van der Waals surface area (Å²) in [6.45, 7) is 0. The Hall–Kier alpha value is -0.940. The van der Waals surface area contributed by atoms with Crippen molar-refractivity contribution in [2.75, 3.05) is 0 Å². The summed E-state index contributed by atoms with van der Waals surface area (Å²) < 4.78 is 2.64. The summed E-state index contributed by atoms with van der Waals surface area (Å²) in [5.41, 5.74) is 2.77. The number of fused-ring (bicyclic) bond motifs is 1. The Morgan fingerprint density at radius 1 is 1.44 bits per heavy atom. The van der Waals surface area contributed by atoms with Crippen LogP contribution in [0.2, 0.25) is 0 Å². The molecule has 1 aliphatic rings. The summed E-state index contributed by atoms with van der Waals surface area (Å²) in [4.78, 5) is 1.54. The molecule has 0 fully saturated rings. The van der Waals surface area contributed by atoms with Gasteiger partial charge in [0.25, 0.3) is 0 Å². The molecule has 3 rings (SSSR count). The van der Waals surface area contributed by atoms with Gasteiger partial charge in [-0.25, -0.2) is 0 Å². The molecule has 0 aromatic carbocycles. The lowest BCUT2D eigenvalue weighted by Gasteiger charge is -2.12. The highest BCUT2D eigenvalue weighted by Gasteiger charge is 2.19. The molecule has 0 radical (unpaired) electrons. The lowest BCUT2D eigenvalue weighted by atomic mass is 9.96. The van der Waals surface area contributed by atoms with E-state index in [1.165, 1.54) is 41.7 Å². The molecular weight excluding hydrogens is 238 g/mol. The van der Waals surface area contributed by atoms with E-state index in [0.717, 1.165) is 5.82 Å². The van der Waals surface area contributed by atoms with Crippen LogP contribution in [-0.4, -0.2) is 14.8 Å². The number of hydrogen-bond acceptors (Lipinski definition) is 3. The van der Waals surface area contributed by atoms with Crippen LogP contribution in [0.4, 0.5) is 0 Å². The van der Waals surface area contributed by atoms with E-state index in [-0.39, 0.29) is 0 Å². The van der Waals surface area contributed by atoms with E-state index < -0.39 is 0 Å². The maximum Gasteiger partial charge on any atom is 0.195 e. The van der Waals surface area contributed by atoms with Crippen molar-refractivity contribution in [2.45, 2.75) is 25.7 Å². The molecular formula is C11H13N3S2. The number of hydrogen-bond donors (Lipinski definition) is 1. The van der Waals surface area contributed by atoms with Crippen LogP contribution < -0.4 is 0 Å². The van der Waals surface area contributed by atoms with Crippen LogP contribution in [0.5, 0.6) is 0 Å². The van der Waals surface area contributed by atoms with E-state index in [1.807, 2.05) is 23.0 Å². The molecule has 1 N–H and O–H groups in total. The molecule has 0 amide bonds. The molecule has 3 nitrogen and oxygen atoms in total. The smallest absolute Gasteiger partial charge is 0.195 e. The fourth-order valence-electron chi connectivity index (χ4n) is 2.27. The summed E-state index contributed by atoms with van der Waals surface area (Å²) in [7, 11) is 1.97. The second-order valence-corrected chi connectivity index (χ2v) is 5.52. The van der Waals surface area contributed by atoms with Crippen molar-refractivity contribution in [1.29, 1.82) is 0 Å². The van der Waals surface area contributed by atoms with Crippen LogP contribution in [0.15, 0.2) is 5.38 Å². The Kier molecular flexibility index (Phi) is 2.44. The molecule has 16 heavy (non-hydrogen) atoms. The minimum Gasteiger partial charge on any atom is -0.303 e. The normalized spacial score (nSPS) is 15.1. The zero-order valence-corrected chi connectivity index (χ0v) is 10.7. The SMILES string of the molecule is Cn1c(-c2csc3c2CCCC3)n[nH]c1=S. The third-order valence-electron chi connectivity index (χ3n) is 3.18. The molecule has 0 spiro atoms. The predicted molar refractivity (Wildman–Crippen MR) is 68.3 cm³/mol. The van der Waals surface area contributed by atoms with Gasteiger partial charge in [-0.15, -0.1) is 11.3 Å². The predicted octanol–water partition coefficient (Wildman–Crippen LogP) is 3.08. The molecule has 0 aliphatic heterocycles. The van der Waals surface area contributed by atoms with Gasteiger partial charge in [-0.05, 0) is 43.5 Å². The summed E-state index contributed by atoms with van der Waals surface area (Å²) >= 11 is 7.01. The van der Waals surface area contributed by atoms with Gasteiger partial charge in [-0.2, -0.15) is 5.10 Å². The minimum absolute atomic E-state index is 0.686. The highest BCUT2D eigenvalue weighted by atomic mass is 32.1. The summed E-state index contributed by atoms with van der Waals surface area (Å²) in [6.07, 6.45) is 5.04. The van der Waals surface area contributed by atoms with Crippen LogP contribution in [0.1, 0.15) is 23.3 Å². The third-order valence-corrected chi connectivity index (χ3v) is 4.64. The molecule has 5 heteroatoms. The monoisotopic (exact) mass is 251 g/mol. The highest BCUT2D eigenvalue weighted by molar-refractivity contribution is 7.71. The lowest BCUT2D eigenvalue weighted by Crippen LogP contribution is -2.01. The summed E-state index contributed by atoms with van der Waals surface area (Å²) in [5, 5.41) is 9.39. The zero-order valence-electron chi connectivity index (χ0n) is 9.12. The number of nitrogens with zero attached hydrogens (tertiary/aromatic N) is 2. The molecule has 84 valence electrons. The standard InChI is InChI=1S/C11H13N3S2/c1-14-10(12-13-11(14)15)8-6-16-9-5-3-2-4-7(8)9/h6H,2-5H2,1H3,(H,13,15). The first kappa shape index (κ1) is 10.2. The van der Waals surface area contributed by atoms with E-state index in [1.54, 1.807) is 0 Å². The number of aromatic amines is 1. The van der Waals surface area contributed by atoms with Crippen molar-refractivity contribution in [1.82, 2.24) is 14.8 Å². The number of H-pyrrole nitrogens is 1. The van der Waals surface area contributed by atoms with Gasteiger partial charge in [-0.1, -0.05) is 0 Å². The second kappa shape index (κ2) is 3.82. The van der Waals surface area contributed by atoms with Gasteiger partial charge in [0, 0.05) is 22.9 Å². The number of rotatable bonds is 1. The van der Waals surface area contributed by atoms with Gasteiger partial charge >= 0.3 is 0 Å². The Labute approximate surface area is 103 Å². The molecule has 0 bridgehead atoms. The van der Waals surface area contributed by atoms with E-state index in [4.69, 9.17) is 12.2 Å². The van der Waals surface area contributed by atoms with E-state index in [9.17, 15) is 0 Å². The first-order valence-corrected chi connectivity index (χ1v) is 6.77. The Morgan fingerprint density at radius 2 is 2.25 bits per heavy atom. The zero-order chi connectivity index (χ0) is 11.1. The van der Waals surface area contributed by atoms with E-state index in [2.05, 4.69) is 15.6 Å². The fraction of sp³-hybridized carbons (Fsp3) is 0.455. The Morgan fingerprint density at radius 3 is 3.00 bits per heavy atom. The lowest BCUT2D eigenvalue weighted by molar-refractivity contribution is 0.697. The molecule has 0 atom stereocenters. The molecule has 2 aromatic rings. The quantitative estimate of drug-likeness (QED) is 0.790. The highest BCUT2D eigenvalue weighted by Crippen LogP contribution is 2.35. The molecule has 2 aromatic heterocycles.